The number of ether oxygens (including phenoxy) is 3. The fourth-order valence-electron chi connectivity index (χ4n) is 4.13. The molecule has 0 saturated carbocycles. The maximum Gasteiger partial charge on any atom is 0.249 e. The van der Waals surface area contributed by atoms with Crippen LogP contribution in [0.2, 0.25) is 0 Å². The summed E-state index contributed by atoms with van der Waals surface area (Å²) in [4.78, 5) is 14.5. The average molecular weight is 428 g/mol. The van der Waals surface area contributed by atoms with E-state index in [4.69, 9.17) is 14.2 Å². The van der Waals surface area contributed by atoms with Crippen molar-refractivity contribution in [3.05, 3.63) is 29.6 Å². The van der Waals surface area contributed by atoms with E-state index >= 15 is 0 Å². The molecule has 3 aliphatic heterocycles. The van der Waals surface area contributed by atoms with Gasteiger partial charge in [0.15, 0.2) is 9.84 Å². The van der Waals surface area contributed by atoms with Crippen molar-refractivity contribution >= 4 is 15.7 Å². The molecule has 160 valence electrons. The quantitative estimate of drug-likeness (QED) is 0.711. The van der Waals surface area contributed by atoms with E-state index in [1.54, 1.807) is 19.2 Å². The fraction of sp³-hybridized carbons (Fsp3) is 0.632. The highest BCUT2D eigenvalue weighted by molar-refractivity contribution is 7.92. The third kappa shape index (κ3) is 4.55. The lowest BCUT2D eigenvalue weighted by Gasteiger charge is -2.39. The van der Waals surface area contributed by atoms with Gasteiger partial charge < -0.3 is 19.5 Å². The second-order valence-electron chi connectivity index (χ2n) is 7.99. The Balaban J connectivity index is 1.35. The topological polar surface area (TPSA) is 94.2 Å². The Hall–Kier alpha value is -1.75. The van der Waals surface area contributed by atoms with E-state index in [2.05, 4.69) is 10.2 Å². The summed E-state index contributed by atoms with van der Waals surface area (Å²) in [5.41, 5.74) is -0.0813. The maximum atomic E-state index is 14.2. The highest BCUT2D eigenvalue weighted by Gasteiger charge is 2.47. The third-order valence-corrected chi connectivity index (χ3v) is 7.45. The highest BCUT2D eigenvalue weighted by Crippen LogP contribution is 2.32. The summed E-state index contributed by atoms with van der Waals surface area (Å²) in [5, 5.41) is 2.73. The number of nitrogens with zero attached hydrogens (tertiary/aromatic N) is 1. The minimum absolute atomic E-state index is 0.0209. The van der Waals surface area contributed by atoms with E-state index in [1.165, 1.54) is 6.07 Å². The van der Waals surface area contributed by atoms with Crippen LogP contribution in [0, 0.1) is 5.82 Å². The second-order valence-corrected chi connectivity index (χ2v) is 10.1. The fourth-order valence-corrected chi connectivity index (χ4v) is 5.42. The van der Waals surface area contributed by atoms with Gasteiger partial charge in [0.2, 0.25) is 5.91 Å². The molecule has 1 amide bonds. The van der Waals surface area contributed by atoms with Gasteiger partial charge in [0, 0.05) is 31.6 Å². The molecule has 2 atom stereocenters. The lowest BCUT2D eigenvalue weighted by Crippen LogP contribution is -2.55. The van der Waals surface area contributed by atoms with Gasteiger partial charge in [-0.2, -0.15) is 0 Å². The van der Waals surface area contributed by atoms with E-state index < -0.39 is 21.5 Å². The molecule has 10 heteroatoms. The first kappa shape index (κ1) is 20.5. The van der Waals surface area contributed by atoms with Gasteiger partial charge in [-0.25, -0.2) is 12.8 Å². The first-order valence-electron chi connectivity index (χ1n) is 9.59. The molecule has 3 fully saturated rings. The van der Waals surface area contributed by atoms with Crippen molar-refractivity contribution in [1.29, 1.82) is 0 Å². The molecule has 8 nitrogen and oxygen atoms in total. The van der Waals surface area contributed by atoms with Gasteiger partial charge in [-0.3, -0.25) is 9.69 Å². The van der Waals surface area contributed by atoms with Crippen molar-refractivity contribution in [2.75, 3.05) is 44.9 Å². The highest BCUT2D eigenvalue weighted by atomic mass is 32.2. The van der Waals surface area contributed by atoms with Crippen LogP contribution >= 0.6 is 0 Å². The van der Waals surface area contributed by atoms with Crippen molar-refractivity contribution in [1.82, 2.24) is 10.2 Å². The Bertz CT molecular complexity index is 883. The number of rotatable bonds is 5. The molecule has 29 heavy (non-hydrogen) atoms. The standard InChI is InChI=1S/C19H25FN2O6S/c1-26-15-2-3-16(20)13(6-15)8-22-4-5-28-19(11-22)7-17(27-12-19)18(23)21-14-9-29(24,25)10-14/h2-3,6,14,17H,4-5,7-12H2,1H3,(H,21,23). The van der Waals surface area contributed by atoms with Crippen LogP contribution < -0.4 is 10.1 Å². The minimum atomic E-state index is -3.00. The van der Waals surface area contributed by atoms with Gasteiger partial charge in [0.25, 0.3) is 0 Å². The number of morpholine rings is 1. The van der Waals surface area contributed by atoms with Crippen LogP contribution in [-0.4, -0.2) is 81.9 Å². The van der Waals surface area contributed by atoms with Gasteiger partial charge in [-0.05, 0) is 18.2 Å². The van der Waals surface area contributed by atoms with E-state index in [1.807, 2.05) is 0 Å². The van der Waals surface area contributed by atoms with Crippen molar-refractivity contribution in [3.8, 4) is 5.75 Å². The summed E-state index contributed by atoms with van der Waals surface area (Å²) in [6.45, 7) is 2.31. The molecule has 1 N–H and O–H groups in total. The summed E-state index contributed by atoms with van der Waals surface area (Å²) in [7, 11) is -1.46. The molecule has 2 unspecified atom stereocenters. The number of hydrogen-bond donors (Lipinski definition) is 1. The van der Waals surface area contributed by atoms with Crippen LogP contribution in [0.5, 0.6) is 5.75 Å². The molecule has 3 heterocycles. The molecular weight excluding hydrogens is 403 g/mol. The van der Waals surface area contributed by atoms with Crippen molar-refractivity contribution in [3.63, 3.8) is 0 Å². The van der Waals surface area contributed by atoms with Gasteiger partial charge in [-0.1, -0.05) is 0 Å². The first-order chi connectivity index (χ1) is 13.8. The lowest BCUT2D eigenvalue weighted by molar-refractivity contribution is -0.130. The Kier molecular flexibility index (Phi) is 5.54. The van der Waals surface area contributed by atoms with E-state index in [-0.39, 0.29) is 35.9 Å². The van der Waals surface area contributed by atoms with Crippen molar-refractivity contribution in [2.45, 2.75) is 30.7 Å². The normalized spacial score (nSPS) is 29.5. The predicted molar refractivity (Wildman–Crippen MR) is 102 cm³/mol. The molecule has 1 aromatic carbocycles. The van der Waals surface area contributed by atoms with Crippen molar-refractivity contribution in [2.24, 2.45) is 0 Å². The van der Waals surface area contributed by atoms with E-state index in [9.17, 15) is 17.6 Å². The monoisotopic (exact) mass is 428 g/mol. The van der Waals surface area contributed by atoms with Crippen LogP contribution in [-0.2, 0) is 30.7 Å². The Morgan fingerprint density at radius 3 is 2.93 bits per heavy atom. The number of amides is 1. The molecule has 0 radical (unpaired) electrons. The van der Waals surface area contributed by atoms with Crippen LogP contribution in [0.15, 0.2) is 18.2 Å². The van der Waals surface area contributed by atoms with Gasteiger partial charge in [0.1, 0.15) is 23.3 Å². The van der Waals surface area contributed by atoms with Gasteiger partial charge in [-0.15, -0.1) is 0 Å². The molecule has 0 aromatic heterocycles. The zero-order chi connectivity index (χ0) is 20.6. The molecule has 1 spiro atoms. The summed E-state index contributed by atoms with van der Waals surface area (Å²) in [6, 6.07) is 4.32. The Morgan fingerprint density at radius 2 is 2.21 bits per heavy atom. The summed E-state index contributed by atoms with van der Waals surface area (Å²) < 4.78 is 53.5. The third-order valence-electron chi connectivity index (χ3n) is 5.63. The minimum Gasteiger partial charge on any atom is -0.497 e. The zero-order valence-electron chi connectivity index (χ0n) is 16.2. The maximum absolute atomic E-state index is 14.2. The molecule has 0 bridgehead atoms. The lowest BCUT2D eigenvalue weighted by atomic mass is 9.96. The Morgan fingerprint density at radius 1 is 1.41 bits per heavy atom. The number of sulfone groups is 1. The molecule has 3 saturated heterocycles. The predicted octanol–water partition coefficient (Wildman–Crippen LogP) is 0.107. The average Bonchev–Trinajstić information content (AvgIpc) is 3.05. The molecule has 0 aliphatic carbocycles. The van der Waals surface area contributed by atoms with Gasteiger partial charge in [0.05, 0.1) is 37.9 Å². The number of carbonyl (C=O) groups excluding carboxylic acids is 1. The largest absolute Gasteiger partial charge is 0.497 e. The molecule has 4 rings (SSSR count). The van der Waals surface area contributed by atoms with Gasteiger partial charge >= 0.3 is 0 Å². The smallest absolute Gasteiger partial charge is 0.249 e. The molecule has 1 aromatic rings. The van der Waals surface area contributed by atoms with E-state index in [0.717, 1.165) is 0 Å². The van der Waals surface area contributed by atoms with E-state index in [0.29, 0.717) is 44.0 Å². The van der Waals surface area contributed by atoms with Crippen LogP contribution in [0.25, 0.3) is 0 Å². The summed E-state index contributed by atoms with van der Waals surface area (Å²) in [5.74, 6) is -0.0358. The zero-order valence-corrected chi connectivity index (χ0v) is 17.0. The number of halogens is 1. The first-order valence-corrected chi connectivity index (χ1v) is 11.4. The number of carbonyl (C=O) groups is 1. The Labute approximate surface area is 169 Å². The second kappa shape index (κ2) is 7.82. The van der Waals surface area contributed by atoms with Crippen LogP contribution in [0.1, 0.15) is 12.0 Å². The SMILES string of the molecule is COc1ccc(F)c(CN2CCOC3(COC(C(=O)NC4CS(=O)(=O)C4)C3)C2)c1. The summed E-state index contributed by atoms with van der Waals surface area (Å²) >= 11 is 0. The van der Waals surface area contributed by atoms with Crippen molar-refractivity contribution < 1.29 is 31.8 Å². The number of nitrogens with one attached hydrogen (secondary N) is 1. The van der Waals surface area contributed by atoms with Crippen LogP contribution in [0.4, 0.5) is 4.39 Å². The summed E-state index contributed by atoms with van der Waals surface area (Å²) in [6.07, 6.45) is -0.290. The van der Waals surface area contributed by atoms with Crippen LogP contribution in [0.3, 0.4) is 0 Å². The number of methoxy groups -OCH3 is 1. The molecule has 3 aliphatic rings. The number of benzene rings is 1. The number of hydrogen-bond acceptors (Lipinski definition) is 7. The molecular formula is C19H25FN2O6S.